The van der Waals surface area contributed by atoms with Crippen LogP contribution in [-0.2, 0) is 0 Å². The summed E-state index contributed by atoms with van der Waals surface area (Å²) in [7, 11) is -1.11. The molecule has 0 aliphatic heterocycles. The molecule has 82 valence electrons. The van der Waals surface area contributed by atoms with Crippen LogP contribution in [0.2, 0.25) is 0 Å². The minimum Gasteiger partial charge on any atom is -0.223 e. The second kappa shape index (κ2) is 3.82. The molecule has 0 bridgehead atoms. The van der Waals surface area contributed by atoms with Gasteiger partial charge in [-0.2, -0.15) is 0 Å². The Kier molecular flexibility index (Phi) is 3.27. The van der Waals surface area contributed by atoms with E-state index in [2.05, 4.69) is 61.8 Å². The van der Waals surface area contributed by atoms with Crippen LogP contribution >= 0.6 is 20.1 Å². The second-order valence-corrected chi connectivity index (χ2v) is 13.4. The maximum atomic E-state index is 2.34. The zero-order chi connectivity index (χ0) is 11.0. The third-order valence-electron chi connectivity index (χ3n) is 2.24. The quantitative estimate of drug-likeness (QED) is 0.725. The number of benzene rings is 1. The fourth-order valence-electron chi connectivity index (χ4n) is 1.26. The van der Waals surface area contributed by atoms with E-state index in [9.17, 15) is 0 Å². The Morgan fingerprint density at radius 3 is 0.929 bits per heavy atom. The third-order valence-corrected chi connectivity index (χ3v) is 5.61. The summed E-state index contributed by atoms with van der Waals surface area (Å²) in [5.74, 6) is 0. The van der Waals surface area contributed by atoms with Crippen molar-refractivity contribution in [3.8, 4) is 0 Å². The van der Waals surface area contributed by atoms with Crippen LogP contribution in [0, 0.1) is 0 Å². The summed E-state index contributed by atoms with van der Waals surface area (Å²) in [6.45, 7) is 0. The first-order chi connectivity index (χ1) is 6.21. The van der Waals surface area contributed by atoms with Crippen molar-refractivity contribution in [1.29, 1.82) is 0 Å². The van der Waals surface area contributed by atoms with Crippen molar-refractivity contribution in [2.75, 3.05) is 37.5 Å². The molecule has 2 heteroatoms. The normalized spacial score (nSPS) is 15.3. The molecule has 0 radical (unpaired) electrons. The molecule has 0 amide bonds. The van der Waals surface area contributed by atoms with E-state index in [4.69, 9.17) is 0 Å². The van der Waals surface area contributed by atoms with Gasteiger partial charge in [0.05, 0.1) is 0 Å². The van der Waals surface area contributed by atoms with Gasteiger partial charge in [-0.05, 0) is 71.6 Å². The van der Waals surface area contributed by atoms with Gasteiger partial charge in [0.1, 0.15) is 0 Å². The van der Waals surface area contributed by atoms with Gasteiger partial charge in [0, 0.05) is 0 Å². The SMILES string of the molecule is CS(C)(C)c1ccc(S(C)(C)C)cc1. The summed E-state index contributed by atoms with van der Waals surface area (Å²) in [4.78, 5) is 3.01. The summed E-state index contributed by atoms with van der Waals surface area (Å²) in [5.41, 5.74) is 0. The zero-order valence-corrected chi connectivity index (χ0v) is 11.8. The molecule has 0 aromatic heterocycles. The average Bonchev–Trinajstić information content (AvgIpc) is 2.01. The molecule has 14 heavy (non-hydrogen) atoms. The molecule has 1 aromatic carbocycles. The molecule has 0 unspecified atom stereocenters. The molecule has 0 aliphatic rings. The fourth-order valence-corrected chi connectivity index (χ4v) is 3.16. The van der Waals surface area contributed by atoms with E-state index in [-0.39, 0.29) is 0 Å². The highest BCUT2D eigenvalue weighted by molar-refractivity contribution is 8.32. The summed E-state index contributed by atoms with van der Waals surface area (Å²) >= 11 is 0. The van der Waals surface area contributed by atoms with Gasteiger partial charge in [0.2, 0.25) is 0 Å². The first kappa shape index (κ1) is 12.0. The first-order valence-corrected chi connectivity index (χ1v) is 10.4. The Hall–Kier alpha value is -0.0800. The highest BCUT2D eigenvalue weighted by Gasteiger charge is 2.10. The van der Waals surface area contributed by atoms with Crippen molar-refractivity contribution in [3.63, 3.8) is 0 Å². The second-order valence-electron chi connectivity index (χ2n) is 5.15. The van der Waals surface area contributed by atoms with Gasteiger partial charge < -0.3 is 0 Å². The number of hydrogen-bond donors (Lipinski definition) is 0. The van der Waals surface area contributed by atoms with E-state index in [0.29, 0.717) is 0 Å². The Balaban J connectivity index is 3.02. The van der Waals surface area contributed by atoms with E-state index in [0.717, 1.165) is 0 Å². The van der Waals surface area contributed by atoms with Crippen LogP contribution in [0.25, 0.3) is 0 Å². The van der Waals surface area contributed by atoms with E-state index in [1.165, 1.54) is 9.79 Å². The summed E-state index contributed by atoms with van der Waals surface area (Å²) in [6.07, 6.45) is 14.0. The van der Waals surface area contributed by atoms with Gasteiger partial charge in [-0.3, -0.25) is 0 Å². The van der Waals surface area contributed by atoms with Gasteiger partial charge in [0.15, 0.2) is 0 Å². The Morgan fingerprint density at radius 2 is 0.786 bits per heavy atom. The van der Waals surface area contributed by atoms with Gasteiger partial charge >= 0.3 is 0 Å². The van der Waals surface area contributed by atoms with Crippen molar-refractivity contribution in [1.82, 2.24) is 0 Å². The molecule has 0 spiro atoms. The highest BCUT2D eigenvalue weighted by atomic mass is 32.3. The lowest BCUT2D eigenvalue weighted by atomic mass is 10.4. The zero-order valence-electron chi connectivity index (χ0n) is 10.1. The lowest BCUT2D eigenvalue weighted by Gasteiger charge is -2.29. The van der Waals surface area contributed by atoms with Crippen LogP contribution in [0.5, 0.6) is 0 Å². The van der Waals surface area contributed by atoms with Crippen LogP contribution in [0.3, 0.4) is 0 Å². The molecule has 0 fully saturated rings. The smallest absolute Gasteiger partial charge is 0.0106 e. The van der Waals surface area contributed by atoms with Crippen LogP contribution in [0.1, 0.15) is 0 Å². The topological polar surface area (TPSA) is 0 Å². The average molecular weight is 230 g/mol. The van der Waals surface area contributed by atoms with Crippen LogP contribution in [0.15, 0.2) is 34.1 Å². The van der Waals surface area contributed by atoms with Crippen molar-refractivity contribution in [2.24, 2.45) is 0 Å². The maximum absolute atomic E-state index is 2.34. The van der Waals surface area contributed by atoms with Gasteiger partial charge in [-0.1, -0.05) is 0 Å². The van der Waals surface area contributed by atoms with Crippen LogP contribution in [0.4, 0.5) is 0 Å². The first-order valence-electron chi connectivity index (χ1n) is 4.68. The standard InChI is InChI=1S/C12H22S2/c1-13(2,3)11-7-9-12(10-8-11)14(4,5)6/h7-10H,1-6H3. The van der Waals surface area contributed by atoms with E-state index in [1.54, 1.807) is 0 Å². The summed E-state index contributed by atoms with van der Waals surface area (Å²) in [5, 5.41) is 0. The molecular formula is C12H22S2. The predicted molar refractivity (Wildman–Crippen MR) is 73.7 cm³/mol. The maximum Gasteiger partial charge on any atom is -0.0106 e. The lowest BCUT2D eigenvalue weighted by Crippen LogP contribution is -1.96. The third kappa shape index (κ3) is 2.96. The van der Waals surface area contributed by atoms with Crippen molar-refractivity contribution >= 4 is 20.1 Å². The summed E-state index contributed by atoms with van der Waals surface area (Å²) in [6, 6.07) is 9.23. The molecule has 1 rings (SSSR count). The van der Waals surface area contributed by atoms with Crippen LogP contribution in [-0.4, -0.2) is 37.5 Å². The Labute approximate surface area is 91.7 Å². The Bertz CT molecular complexity index is 266. The van der Waals surface area contributed by atoms with Crippen molar-refractivity contribution in [2.45, 2.75) is 9.79 Å². The van der Waals surface area contributed by atoms with E-state index < -0.39 is 20.1 Å². The molecule has 0 nitrogen and oxygen atoms in total. The number of hydrogen-bond acceptors (Lipinski definition) is 0. The van der Waals surface area contributed by atoms with Crippen molar-refractivity contribution < 1.29 is 0 Å². The van der Waals surface area contributed by atoms with Gasteiger partial charge in [-0.25, -0.2) is 20.1 Å². The predicted octanol–water partition coefficient (Wildman–Crippen LogP) is 3.79. The van der Waals surface area contributed by atoms with E-state index >= 15 is 0 Å². The van der Waals surface area contributed by atoms with Gasteiger partial charge in [-0.15, -0.1) is 0 Å². The van der Waals surface area contributed by atoms with E-state index in [1.807, 2.05) is 0 Å². The minimum atomic E-state index is -0.556. The fraction of sp³-hybridized carbons (Fsp3) is 0.500. The molecule has 0 saturated heterocycles. The largest absolute Gasteiger partial charge is 0.223 e. The lowest BCUT2D eigenvalue weighted by molar-refractivity contribution is 1.33. The molecule has 1 aromatic rings. The molecule has 0 aliphatic carbocycles. The molecule has 0 saturated carbocycles. The summed E-state index contributed by atoms with van der Waals surface area (Å²) < 4.78 is 0. The van der Waals surface area contributed by atoms with Crippen LogP contribution < -0.4 is 0 Å². The molecule has 0 atom stereocenters. The number of rotatable bonds is 2. The highest BCUT2D eigenvalue weighted by Crippen LogP contribution is 2.49. The minimum absolute atomic E-state index is 0.556. The monoisotopic (exact) mass is 230 g/mol. The van der Waals surface area contributed by atoms with Crippen molar-refractivity contribution in [3.05, 3.63) is 24.3 Å². The van der Waals surface area contributed by atoms with Gasteiger partial charge in [0.25, 0.3) is 0 Å². The Morgan fingerprint density at radius 1 is 0.571 bits per heavy atom. The molecular weight excluding hydrogens is 208 g/mol. The molecule has 0 N–H and O–H groups in total. The molecule has 0 heterocycles.